The standard InChI is InChI=1S/C11H12BrF3O/c1-7(2)9-5-8(12)3-4-10(9)16-6-11(13,14)15/h3-5,7H,6H2,1-2H3. The molecule has 0 aliphatic carbocycles. The van der Waals surface area contributed by atoms with Crippen LogP contribution in [0.4, 0.5) is 13.2 Å². The Balaban J connectivity index is 2.87. The predicted molar refractivity (Wildman–Crippen MR) is 59.8 cm³/mol. The summed E-state index contributed by atoms with van der Waals surface area (Å²) < 4.78 is 41.7. The van der Waals surface area contributed by atoms with E-state index in [-0.39, 0.29) is 11.7 Å². The molecule has 0 saturated heterocycles. The first-order chi connectivity index (χ1) is 7.29. The van der Waals surface area contributed by atoms with E-state index in [1.54, 1.807) is 18.2 Å². The van der Waals surface area contributed by atoms with Gasteiger partial charge in [-0.2, -0.15) is 13.2 Å². The van der Waals surface area contributed by atoms with Gasteiger partial charge in [-0.05, 0) is 29.7 Å². The second kappa shape index (κ2) is 5.08. The molecule has 16 heavy (non-hydrogen) atoms. The zero-order valence-electron chi connectivity index (χ0n) is 8.94. The topological polar surface area (TPSA) is 9.23 Å². The van der Waals surface area contributed by atoms with Crippen LogP contribution in [0.1, 0.15) is 25.3 Å². The molecule has 1 rings (SSSR count). The Morgan fingerprint density at radius 3 is 2.44 bits per heavy atom. The molecule has 0 saturated carbocycles. The molecule has 0 aliphatic heterocycles. The third-order valence-corrected chi connectivity index (χ3v) is 2.48. The molecule has 1 nitrogen and oxygen atoms in total. The van der Waals surface area contributed by atoms with E-state index in [9.17, 15) is 13.2 Å². The molecule has 0 unspecified atom stereocenters. The molecule has 0 aliphatic rings. The SMILES string of the molecule is CC(C)c1cc(Br)ccc1OCC(F)(F)F. The lowest BCUT2D eigenvalue weighted by atomic mass is 10.0. The molecular weight excluding hydrogens is 285 g/mol. The van der Waals surface area contributed by atoms with Crippen molar-refractivity contribution in [2.45, 2.75) is 25.9 Å². The number of benzene rings is 1. The molecule has 5 heteroatoms. The molecule has 0 N–H and O–H groups in total. The Hall–Kier alpha value is -0.710. The average Bonchev–Trinajstić information content (AvgIpc) is 2.14. The molecule has 0 radical (unpaired) electrons. The van der Waals surface area contributed by atoms with Crippen LogP contribution in [0.25, 0.3) is 0 Å². The van der Waals surface area contributed by atoms with E-state index in [0.29, 0.717) is 0 Å². The van der Waals surface area contributed by atoms with E-state index < -0.39 is 12.8 Å². The fourth-order valence-electron chi connectivity index (χ4n) is 1.26. The first-order valence-electron chi connectivity index (χ1n) is 4.78. The van der Waals surface area contributed by atoms with Crippen molar-refractivity contribution in [3.05, 3.63) is 28.2 Å². The van der Waals surface area contributed by atoms with Gasteiger partial charge in [0.25, 0.3) is 0 Å². The van der Waals surface area contributed by atoms with E-state index in [1.165, 1.54) is 0 Å². The van der Waals surface area contributed by atoms with E-state index >= 15 is 0 Å². The largest absolute Gasteiger partial charge is 0.484 e. The molecule has 0 fully saturated rings. The van der Waals surface area contributed by atoms with Crippen LogP contribution < -0.4 is 4.74 Å². The second-order valence-electron chi connectivity index (χ2n) is 3.74. The fraction of sp³-hybridized carbons (Fsp3) is 0.455. The number of ether oxygens (including phenoxy) is 1. The smallest absolute Gasteiger partial charge is 0.422 e. The minimum Gasteiger partial charge on any atom is -0.484 e. The summed E-state index contributed by atoms with van der Waals surface area (Å²) in [7, 11) is 0. The summed E-state index contributed by atoms with van der Waals surface area (Å²) in [5, 5.41) is 0. The van der Waals surface area contributed by atoms with Gasteiger partial charge in [0.15, 0.2) is 6.61 Å². The van der Waals surface area contributed by atoms with Crippen LogP contribution in [0.15, 0.2) is 22.7 Å². The summed E-state index contributed by atoms with van der Waals surface area (Å²) in [5.74, 6) is 0.399. The molecular formula is C11H12BrF3O. The van der Waals surface area contributed by atoms with Crippen molar-refractivity contribution in [1.29, 1.82) is 0 Å². The van der Waals surface area contributed by atoms with Crippen LogP contribution >= 0.6 is 15.9 Å². The minimum atomic E-state index is -4.30. The quantitative estimate of drug-likeness (QED) is 0.797. The van der Waals surface area contributed by atoms with Gasteiger partial charge in [0.1, 0.15) is 5.75 Å². The first-order valence-corrected chi connectivity index (χ1v) is 5.58. The van der Waals surface area contributed by atoms with E-state index in [0.717, 1.165) is 10.0 Å². The average molecular weight is 297 g/mol. The maximum atomic E-state index is 12.0. The lowest BCUT2D eigenvalue weighted by molar-refractivity contribution is -0.153. The number of halogens is 4. The van der Waals surface area contributed by atoms with Crippen molar-refractivity contribution >= 4 is 15.9 Å². The fourth-order valence-corrected chi connectivity index (χ4v) is 1.64. The summed E-state index contributed by atoms with van der Waals surface area (Å²) in [5.41, 5.74) is 0.763. The third kappa shape index (κ3) is 4.04. The van der Waals surface area contributed by atoms with Gasteiger partial charge in [0.2, 0.25) is 0 Å². The summed E-state index contributed by atoms with van der Waals surface area (Å²) in [6, 6.07) is 4.99. The monoisotopic (exact) mass is 296 g/mol. The van der Waals surface area contributed by atoms with Gasteiger partial charge >= 0.3 is 6.18 Å². The van der Waals surface area contributed by atoms with Gasteiger partial charge in [-0.3, -0.25) is 0 Å². The molecule has 0 heterocycles. The van der Waals surface area contributed by atoms with Crippen molar-refractivity contribution in [3.63, 3.8) is 0 Å². The summed E-state index contributed by atoms with van der Waals surface area (Å²) in [6.07, 6.45) is -4.30. The lowest BCUT2D eigenvalue weighted by Crippen LogP contribution is -2.19. The Bertz CT molecular complexity index is 361. The van der Waals surface area contributed by atoms with E-state index in [2.05, 4.69) is 15.9 Å². The summed E-state index contributed by atoms with van der Waals surface area (Å²) in [6.45, 7) is 2.55. The molecule has 0 bridgehead atoms. The lowest BCUT2D eigenvalue weighted by Gasteiger charge is -2.15. The van der Waals surface area contributed by atoms with Crippen molar-refractivity contribution in [2.75, 3.05) is 6.61 Å². The highest BCUT2D eigenvalue weighted by atomic mass is 79.9. The van der Waals surface area contributed by atoms with Crippen LogP contribution in [-0.4, -0.2) is 12.8 Å². The van der Waals surface area contributed by atoms with Gasteiger partial charge in [-0.1, -0.05) is 29.8 Å². The van der Waals surface area contributed by atoms with Crippen LogP contribution in [-0.2, 0) is 0 Å². The summed E-state index contributed by atoms with van der Waals surface area (Å²) in [4.78, 5) is 0. The van der Waals surface area contributed by atoms with Gasteiger partial charge in [-0.25, -0.2) is 0 Å². The Labute approximate surface area is 101 Å². The van der Waals surface area contributed by atoms with Crippen molar-refractivity contribution in [3.8, 4) is 5.75 Å². The maximum Gasteiger partial charge on any atom is 0.422 e. The summed E-state index contributed by atoms with van der Waals surface area (Å²) >= 11 is 3.28. The third-order valence-electron chi connectivity index (χ3n) is 1.99. The number of hydrogen-bond acceptors (Lipinski definition) is 1. The van der Waals surface area contributed by atoms with Gasteiger partial charge < -0.3 is 4.74 Å². The van der Waals surface area contributed by atoms with Crippen molar-refractivity contribution in [2.24, 2.45) is 0 Å². The highest BCUT2D eigenvalue weighted by molar-refractivity contribution is 9.10. The highest BCUT2D eigenvalue weighted by Crippen LogP contribution is 2.30. The normalized spacial score (nSPS) is 11.9. The molecule has 0 amide bonds. The zero-order chi connectivity index (χ0) is 12.3. The maximum absolute atomic E-state index is 12.0. The number of alkyl halides is 3. The Kier molecular flexibility index (Phi) is 4.24. The first kappa shape index (κ1) is 13.4. The van der Waals surface area contributed by atoms with Crippen LogP contribution in [0.2, 0.25) is 0 Å². The molecule has 0 spiro atoms. The van der Waals surface area contributed by atoms with Crippen LogP contribution in [0, 0.1) is 0 Å². The number of rotatable bonds is 3. The molecule has 1 aromatic rings. The molecule has 0 aromatic heterocycles. The zero-order valence-corrected chi connectivity index (χ0v) is 10.5. The Morgan fingerprint density at radius 2 is 1.94 bits per heavy atom. The van der Waals surface area contributed by atoms with Crippen LogP contribution in [0.3, 0.4) is 0 Å². The van der Waals surface area contributed by atoms with Gasteiger partial charge in [-0.15, -0.1) is 0 Å². The van der Waals surface area contributed by atoms with Crippen molar-refractivity contribution < 1.29 is 17.9 Å². The highest BCUT2D eigenvalue weighted by Gasteiger charge is 2.28. The van der Waals surface area contributed by atoms with Gasteiger partial charge in [0, 0.05) is 4.47 Å². The van der Waals surface area contributed by atoms with Crippen LogP contribution in [0.5, 0.6) is 5.75 Å². The van der Waals surface area contributed by atoms with E-state index in [1.807, 2.05) is 13.8 Å². The Morgan fingerprint density at radius 1 is 1.31 bits per heavy atom. The molecule has 90 valence electrons. The predicted octanol–water partition coefficient (Wildman–Crippen LogP) is 4.51. The molecule has 1 aromatic carbocycles. The van der Waals surface area contributed by atoms with E-state index in [4.69, 9.17) is 4.74 Å². The van der Waals surface area contributed by atoms with Gasteiger partial charge in [0.05, 0.1) is 0 Å². The number of hydrogen-bond donors (Lipinski definition) is 0. The minimum absolute atomic E-state index is 0.112. The second-order valence-corrected chi connectivity index (χ2v) is 4.66. The van der Waals surface area contributed by atoms with Crippen molar-refractivity contribution in [1.82, 2.24) is 0 Å². The molecule has 0 atom stereocenters.